The highest BCUT2D eigenvalue weighted by Crippen LogP contribution is 2.37. The maximum absolute atomic E-state index is 6.01. The van der Waals surface area contributed by atoms with Crippen LogP contribution in [0.4, 0.5) is 0 Å². The Morgan fingerprint density at radius 1 is 1.08 bits per heavy atom. The molecule has 0 amide bonds. The molecule has 2 aromatic carbocycles. The van der Waals surface area contributed by atoms with Crippen LogP contribution in [0.2, 0.25) is 5.02 Å². The first-order valence-corrected chi connectivity index (χ1v) is 10.1. The van der Waals surface area contributed by atoms with E-state index in [9.17, 15) is 0 Å². The monoisotopic (exact) mass is 366 g/mol. The van der Waals surface area contributed by atoms with E-state index in [1.54, 1.807) is 0 Å². The lowest BCUT2D eigenvalue weighted by atomic mass is 9.75. The summed E-state index contributed by atoms with van der Waals surface area (Å²) in [4.78, 5) is 7.79. The molecule has 3 heteroatoms. The highest BCUT2D eigenvalue weighted by molar-refractivity contribution is 6.30. The number of benzene rings is 2. The van der Waals surface area contributed by atoms with E-state index in [0.717, 1.165) is 23.6 Å². The fraction of sp³-hybridized carbons (Fsp3) is 0.435. The molecule has 1 saturated heterocycles. The zero-order valence-corrected chi connectivity index (χ0v) is 16.4. The van der Waals surface area contributed by atoms with E-state index >= 15 is 0 Å². The van der Waals surface area contributed by atoms with Crippen molar-refractivity contribution < 1.29 is 0 Å². The zero-order chi connectivity index (χ0) is 18.1. The number of fused-ring (bicyclic) bond motifs is 2. The Balaban J connectivity index is 1.63. The molecule has 4 rings (SSSR count). The average Bonchev–Trinajstić information content (AvgIpc) is 2.65. The summed E-state index contributed by atoms with van der Waals surface area (Å²) in [6.45, 7) is 6.96. The van der Waals surface area contributed by atoms with Crippen molar-refractivity contribution in [2.45, 2.75) is 45.3 Å². The van der Waals surface area contributed by atoms with Crippen molar-refractivity contribution in [1.82, 2.24) is 4.90 Å². The van der Waals surface area contributed by atoms with Crippen LogP contribution in [0.1, 0.15) is 37.0 Å². The first-order valence-electron chi connectivity index (χ1n) is 9.71. The van der Waals surface area contributed by atoms with Gasteiger partial charge in [-0.15, -0.1) is 0 Å². The molecular formula is C23H27ClN2. The second-order valence-electron chi connectivity index (χ2n) is 8.03. The third-order valence-electron chi connectivity index (χ3n) is 6.09. The minimum absolute atomic E-state index is 0.354. The van der Waals surface area contributed by atoms with Gasteiger partial charge in [-0.05, 0) is 60.0 Å². The first kappa shape index (κ1) is 17.8. The Bertz CT molecular complexity index is 781. The van der Waals surface area contributed by atoms with Gasteiger partial charge in [0.2, 0.25) is 0 Å². The minimum Gasteiger partial charge on any atom is -0.294 e. The second kappa shape index (κ2) is 7.54. The van der Waals surface area contributed by atoms with Crippen LogP contribution in [0.15, 0.2) is 53.5 Å². The van der Waals surface area contributed by atoms with E-state index in [4.69, 9.17) is 16.6 Å². The summed E-state index contributed by atoms with van der Waals surface area (Å²) in [6.07, 6.45) is 4.40. The lowest BCUT2D eigenvalue weighted by Gasteiger charge is -2.48. The van der Waals surface area contributed by atoms with Crippen molar-refractivity contribution in [2.24, 2.45) is 16.8 Å². The van der Waals surface area contributed by atoms with Crippen LogP contribution < -0.4 is 0 Å². The van der Waals surface area contributed by atoms with Gasteiger partial charge in [0.1, 0.15) is 0 Å². The molecule has 1 fully saturated rings. The molecular weight excluding hydrogens is 340 g/mol. The number of hydrogen-bond acceptors (Lipinski definition) is 2. The first-order chi connectivity index (χ1) is 12.6. The number of rotatable bonds is 3. The Morgan fingerprint density at radius 2 is 1.81 bits per heavy atom. The van der Waals surface area contributed by atoms with Crippen LogP contribution in [0.5, 0.6) is 0 Å². The molecule has 0 aliphatic carbocycles. The molecule has 2 aliphatic rings. The highest BCUT2D eigenvalue weighted by atomic mass is 35.5. The summed E-state index contributed by atoms with van der Waals surface area (Å²) in [5.41, 5.74) is 4.13. The summed E-state index contributed by atoms with van der Waals surface area (Å²) in [5.74, 6) is 1.30. The molecule has 3 atom stereocenters. The normalized spacial score (nSPS) is 26.1. The summed E-state index contributed by atoms with van der Waals surface area (Å²) >= 11 is 6.01. The van der Waals surface area contributed by atoms with Crippen LogP contribution in [-0.4, -0.2) is 29.7 Å². The lowest BCUT2D eigenvalue weighted by molar-refractivity contribution is 0.0567. The number of nitrogens with zero attached hydrogens (tertiary/aromatic N) is 2. The fourth-order valence-corrected chi connectivity index (χ4v) is 4.74. The molecule has 136 valence electrons. The van der Waals surface area contributed by atoms with Gasteiger partial charge in [-0.25, -0.2) is 0 Å². The minimum atomic E-state index is 0.354. The SMILES string of the molecule is CC(C)[C@H]1CCN2Cc3ccccc3C[C@H]2[C@H]1N=Cc1ccc(Cl)cc1. The van der Waals surface area contributed by atoms with E-state index in [0.29, 0.717) is 23.9 Å². The second-order valence-corrected chi connectivity index (χ2v) is 8.46. The molecule has 0 spiro atoms. The van der Waals surface area contributed by atoms with Crippen LogP contribution in [0, 0.1) is 11.8 Å². The van der Waals surface area contributed by atoms with E-state index in [2.05, 4.69) is 49.2 Å². The van der Waals surface area contributed by atoms with Gasteiger partial charge in [-0.2, -0.15) is 0 Å². The summed E-state index contributed by atoms with van der Waals surface area (Å²) < 4.78 is 0. The summed E-state index contributed by atoms with van der Waals surface area (Å²) in [5, 5.41) is 0.773. The standard InChI is InChI=1S/C23H27ClN2/c1-16(2)21-11-12-26-15-19-6-4-3-5-18(19)13-22(26)23(21)25-14-17-7-9-20(24)10-8-17/h3-10,14,16,21-23H,11-13,15H2,1-2H3/t21-,22+,23+/m1/s1. The van der Waals surface area contributed by atoms with E-state index in [1.165, 1.54) is 24.1 Å². The molecule has 2 heterocycles. The third kappa shape index (κ3) is 3.58. The van der Waals surface area contributed by atoms with E-state index in [-0.39, 0.29) is 0 Å². The van der Waals surface area contributed by atoms with Gasteiger partial charge >= 0.3 is 0 Å². The maximum Gasteiger partial charge on any atom is 0.0689 e. The van der Waals surface area contributed by atoms with Crippen LogP contribution in [0.3, 0.4) is 0 Å². The Hall–Kier alpha value is -1.64. The van der Waals surface area contributed by atoms with Gasteiger partial charge in [0, 0.05) is 23.8 Å². The van der Waals surface area contributed by atoms with E-state index < -0.39 is 0 Å². The van der Waals surface area contributed by atoms with Crippen LogP contribution >= 0.6 is 11.6 Å². The average molecular weight is 367 g/mol. The van der Waals surface area contributed by atoms with Crippen molar-refractivity contribution in [2.75, 3.05) is 6.54 Å². The Labute approximate surface area is 161 Å². The molecule has 0 aromatic heterocycles. The van der Waals surface area contributed by atoms with Gasteiger partial charge in [0.05, 0.1) is 6.04 Å². The van der Waals surface area contributed by atoms with Crippen molar-refractivity contribution in [1.29, 1.82) is 0 Å². The Kier molecular flexibility index (Phi) is 5.15. The number of piperidine rings is 1. The van der Waals surface area contributed by atoms with Crippen LogP contribution in [0.25, 0.3) is 0 Å². The summed E-state index contributed by atoms with van der Waals surface area (Å²) in [6, 6.07) is 17.7. The molecule has 2 nitrogen and oxygen atoms in total. The molecule has 2 aliphatic heterocycles. The third-order valence-corrected chi connectivity index (χ3v) is 6.35. The molecule has 2 aromatic rings. The quantitative estimate of drug-likeness (QED) is 0.679. The molecule has 26 heavy (non-hydrogen) atoms. The van der Waals surface area contributed by atoms with Gasteiger partial charge in [0.25, 0.3) is 0 Å². The van der Waals surface area contributed by atoms with Gasteiger partial charge in [-0.3, -0.25) is 9.89 Å². The smallest absolute Gasteiger partial charge is 0.0689 e. The predicted octanol–water partition coefficient (Wildman–Crippen LogP) is 5.23. The lowest BCUT2D eigenvalue weighted by Crippen LogP contribution is -2.55. The fourth-order valence-electron chi connectivity index (χ4n) is 4.61. The van der Waals surface area contributed by atoms with Crippen molar-refractivity contribution in [3.8, 4) is 0 Å². The van der Waals surface area contributed by atoms with Gasteiger partial charge in [0.15, 0.2) is 0 Å². The largest absolute Gasteiger partial charge is 0.294 e. The van der Waals surface area contributed by atoms with Crippen molar-refractivity contribution in [3.05, 3.63) is 70.2 Å². The molecule has 0 radical (unpaired) electrons. The number of aliphatic imine (C=N–C) groups is 1. The summed E-state index contributed by atoms with van der Waals surface area (Å²) in [7, 11) is 0. The number of hydrogen-bond donors (Lipinski definition) is 0. The van der Waals surface area contributed by atoms with Gasteiger partial charge < -0.3 is 0 Å². The van der Waals surface area contributed by atoms with E-state index in [1.807, 2.05) is 24.3 Å². The molecule has 0 saturated carbocycles. The zero-order valence-electron chi connectivity index (χ0n) is 15.6. The predicted molar refractivity (Wildman–Crippen MR) is 110 cm³/mol. The van der Waals surface area contributed by atoms with Crippen molar-refractivity contribution >= 4 is 17.8 Å². The van der Waals surface area contributed by atoms with Crippen molar-refractivity contribution in [3.63, 3.8) is 0 Å². The highest BCUT2D eigenvalue weighted by Gasteiger charge is 2.41. The molecule has 0 N–H and O–H groups in total. The topological polar surface area (TPSA) is 15.6 Å². The molecule has 0 bridgehead atoms. The Morgan fingerprint density at radius 3 is 2.54 bits per heavy atom. The maximum atomic E-state index is 6.01. The number of halogens is 1. The van der Waals surface area contributed by atoms with Crippen LogP contribution in [-0.2, 0) is 13.0 Å². The molecule has 0 unspecified atom stereocenters. The van der Waals surface area contributed by atoms with Gasteiger partial charge in [-0.1, -0.05) is 61.8 Å².